The topological polar surface area (TPSA) is 41.9 Å². The molecule has 4 nitrogen and oxygen atoms in total. The van der Waals surface area contributed by atoms with Crippen LogP contribution in [0.5, 0.6) is 5.75 Å². The summed E-state index contributed by atoms with van der Waals surface area (Å²) in [5.74, 6) is 0.624. The number of thioether (sulfide) groups is 1. The highest BCUT2D eigenvalue weighted by Crippen LogP contribution is 2.36. The van der Waals surface area contributed by atoms with Crippen molar-refractivity contribution in [3.8, 4) is 5.75 Å². The van der Waals surface area contributed by atoms with Crippen LogP contribution in [-0.4, -0.2) is 29.6 Å². The van der Waals surface area contributed by atoms with Gasteiger partial charge in [0.25, 0.3) is 5.91 Å². The molecule has 6 heteroatoms. The number of amidine groups is 1. The number of rotatable bonds is 5. The van der Waals surface area contributed by atoms with Crippen LogP contribution in [0.25, 0.3) is 6.08 Å². The SMILES string of the molecule is CCCN1C(=O)/C(=C\c2cc(Cl)ccc2OC)SC1=Nc1ccccc1. The van der Waals surface area contributed by atoms with Gasteiger partial charge in [-0.15, -0.1) is 0 Å². The zero-order valence-corrected chi connectivity index (χ0v) is 16.2. The van der Waals surface area contributed by atoms with Crippen LogP contribution < -0.4 is 4.74 Å². The number of methoxy groups -OCH3 is 1. The Labute approximate surface area is 162 Å². The average molecular weight is 387 g/mol. The number of aliphatic imine (C=N–C) groups is 1. The van der Waals surface area contributed by atoms with E-state index in [1.807, 2.05) is 43.3 Å². The standard InChI is InChI=1S/C20H19ClN2O2S/c1-3-11-23-19(24)18(13-14-12-15(21)9-10-17(14)25-2)26-20(23)22-16-7-5-4-6-8-16/h4-10,12-13H,3,11H2,1-2H3/b18-13+,22-20?. The van der Waals surface area contributed by atoms with E-state index < -0.39 is 0 Å². The maximum atomic E-state index is 12.9. The maximum Gasteiger partial charge on any atom is 0.266 e. The number of benzene rings is 2. The van der Waals surface area contributed by atoms with E-state index in [4.69, 9.17) is 16.3 Å². The van der Waals surface area contributed by atoms with Crippen LogP contribution in [0.3, 0.4) is 0 Å². The fraction of sp³-hybridized carbons (Fsp3) is 0.200. The second-order valence-corrected chi connectivity index (χ2v) is 7.13. The van der Waals surface area contributed by atoms with E-state index in [2.05, 4.69) is 4.99 Å². The molecule has 0 unspecified atom stereocenters. The van der Waals surface area contributed by atoms with Crippen LogP contribution in [-0.2, 0) is 4.79 Å². The fourth-order valence-corrected chi connectivity index (χ4v) is 3.78. The van der Waals surface area contributed by atoms with Crippen molar-refractivity contribution >= 4 is 46.2 Å². The first kappa shape index (κ1) is 18.5. The molecule has 0 bridgehead atoms. The summed E-state index contributed by atoms with van der Waals surface area (Å²) in [4.78, 5) is 19.8. The van der Waals surface area contributed by atoms with Crippen molar-refractivity contribution in [1.29, 1.82) is 0 Å². The zero-order chi connectivity index (χ0) is 18.5. The van der Waals surface area contributed by atoms with Crippen molar-refractivity contribution in [2.24, 2.45) is 4.99 Å². The molecule has 2 aromatic carbocycles. The predicted octanol–water partition coefficient (Wildman–Crippen LogP) is 5.36. The van der Waals surface area contributed by atoms with Gasteiger partial charge in [-0.3, -0.25) is 9.69 Å². The van der Waals surface area contributed by atoms with Crippen molar-refractivity contribution in [2.45, 2.75) is 13.3 Å². The number of para-hydroxylation sites is 1. The van der Waals surface area contributed by atoms with Crippen molar-refractivity contribution in [3.05, 3.63) is 64.0 Å². The molecular formula is C20H19ClN2O2S. The molecule has 1 aliphatic heterocycles. The summed E-state index contributed by atoms with van der Waals surface area (Å²) in [5, 5.41) is 1.28. The van der Waals surface area contributed by atoms with E-state index in [1.165, 1.54) is 11.8 Å². The minimum atomic E-state index is -0.0476. The summed E-state index contributed by atoms with van der Waals surface area (Å²) < 4.78 is 5.38. The molecule has 0 radical (unpaired) electrons. The molecule has 0 saturated carbocycles. The number of carbonyl (C=O) groups is 1. The number of hydrogen-bond donors (Lipinski definition) is 0. The minimum Gasteiger partial charge on any atom is -0.496 e. The van der Waals surface area contributed by atoms with Gasteiger partial charge >= 0.3 is 0 Å². The van der Waals surface area contributed by atoms with Gasteiger partial charge in [-0.25, -0.2) is 4.99 Å². The summed E-state index contributed by atoms with van der Waals surface area (Å²) in [6.07, 6.45) is 2.67. The van der Waals surface area contributed by atoms with Crippen molar-refractivity contribution in [1.82, 2.24) is 4.90 Å². The normalized spacial score (nSPS) is 17.3. The lowest BCUT2D eigenvalue weighted by Gasteiger charge is -2.13. The Hall–Kier alpha value is -2.24. The molecule has 1 saturated heterocycles. The van der Waals surface area contributed by atoms with Gasteiger partial charge in [0.15, 0.2) is 5.17 Å². The molecule has 2 aromatic rings. The number of nitrogens with zero attached hydrogens (tertiary/aromatic N) is 2. The lowest BCUT2D eigenvalue weighted by Crippen LogP contribution is -2.29. The summed E-state index contributed by atoms with van der Waals surface area (Å²) in [6, 6.07) is 15.0. The molecule has 1 amide bonds. The molecule has 1 heterocycles. The van der Waals surface area contributed by atoms with E-state index in [0.29, 0.717) is 27.4 Å². The van der Waals surface area contributed by atoms with Crippen LogP contribution in [0.4, 0.5) is 5.69 Å². The fourth-order valence-electron chi connectivity index (χ4n) is 2.58. The third kappa shape index (κ3) is 4.11. The van der Waals surface area contributed by atoms with E-state index in [0.717, 1.165) is 17.7 Å². The molecule has 1 aliphatic rings. The summed E-state index contributed by atoms with van der Waals surface area (Å²) in [5.41, 5.74) is 1.60. The Bertz CT molecular complexity index is 865. The summed E-state index contributed by atoms with van der Waals surface area (Å²) in [7, 11) is 1.60. The number of ether oxygens (including phenoxy) is 1. The van der Waals surface area contributed by atoms with E-state index in [1.54, 1.807) is 30.2 Å². The van der Waals surface area contributed by atoms with Crippen LogP contribution in [0.15, 0.2) is 58.4 Å². The average Bonchev–Trinajstić information content (AvgIpc) is 2.92. The van der Waals surface area contributed by atoms with Crippen LogP contribution in [0.2, 0.25) is 5.02 Å². The molecule has 3 rings (SSSR count). The first-order chi connectivity index (χ1) is 12.6. The monoisotopic (exact) mass is 386 g/mol. The predicted molar refractivity (Wildman–Crippen MR) is 109 cm³/mol. The van der Waals surface area contributed by atoms with Crippen LogP contribution in [0.1, 0.15) is 18.9 Å². The van der Waals surface area contributed by atoms with E-state index in [-0.39, 0.29) is 5.91 Å². The Kier molecular flexibility index (Phi) is 6.01. The van der Waals surface area contributed by atoms with Gasteiger partial charge < -0.3 is 4.74 Å². The second kappa shape index (κ2) is 8.43. The number of hydrogen-bond acceptors (Lipinski definition) is 4. The van der Waals surface area contributed by atoms with Crippen LogP contribution in [0, 0.1) is 0 Å². The molecule has 26 heavy (non-hydrogen) atoms. The lowest BCUT2D eigenvalue weighted by molar-refractivity contribution is -0.122. The van der Waals surface area contributed by atoms with Gasteiger partial charge in [0.2, 0.25) is 0 Å². The Balaban J connectivity index is 1.98. The van der Waals surface area contributed by atoms with Gasteiger partial charge in [-0.1, -0.05) is 36.7 Å². The Morgan fingerprint density at radius 1 is 1.23 bits per heavy atom. The van der Waals surface area contributed by atoms with Gasteiger partial charge in [-0.2, -0.15) is 0 Å². The smallest absolute Gasteiger partial charge is 0.266 e. The molecular weight excluding hydrogens is 368 g/mol. The second-order valence-electron chi connectivity index (χ2n) is 5.68. The molecule has 0 aromatic heterocycles. The van der Waals surface area contributed by atoms with Crippen molar-refractivity contribution in [2.75, 3.05) is 13.7 Å². The highest BCUT2D eigenvalue weighted by atomic mass is 35.5. The van der Waals surface area contributed by atoms with Gasteiger partial charge in [0, 0.05) is 17.1 Å². The van der Waals surface area contributed by atoms with Gasteiger partial charge in [0.1, 0.15) is 5.75 Å². The summed E-state index contributed by atoms with van der Waals surface area (Å²) >= 11 is 7.47. The van der Waals surface area contributed by atoms with Crippen molar-refractivity contribution in [3.63, 3.8) is 0 Å². The molecule has 134 valence electrons. The van der Waals surface area contributed by atoms with Crippen LogP contribution >= 0.6 is 23.4 Å². The van der Waals surface area contributed by atoms with E-state index in [9.17, 15) is 4.79 Å². The first-order valence-corrected chi connectivity index (χ1v) is 9.50. The van der Waals surface area contributed by atoms with Gasteiger partial charge in [0.05, 0.1) is 17.7 Å². The molecule has 1 fully saturated rings. The zero-order valence-electron chi connectivity index (χ0n) is 14.6. The quantitative estimate of drug-likeness (QED) is 0.649. The van der Waals surface area contributed by atoms with E-state index >= 15 is 0 Å². The van der Waals surface area contributed by atoms with Crippen molar-refractivity contribution < 1.29 is 9.53 Å². The Morgan fingerprint density at radius 3 is 2.69 bits per heavy atom. The molecule has 0 N–H and O–H groups in total. The number of halogens is 1. The largest absolute Gasteiger partial charge is 0.496 e. The lowest BCUT2D eigenvalue weighted by atomic mass is 10.2. The molecule has 0 aliphatic carbocycles. The maximum absolute atomic E-state index is 12.9. The highest BCUT2D eigenvalue weighted by Gasteiger charge is 2.33. The minimum absolute atomic E-state index is 0.0476. The molecule has 0 spiro atoms. The van der Waals surface area contributed by atoms with Gasteiger partial charge in [-0.05, 0) is 54.6 Å². The summed E-state index contributed by atoms with van der Waals surface area (Å²) in [6.45, 7) is 2.67. The number of amides is 1. The highest BCUT2D eigenvalue weighted by molar-refractivity contribution is 8.18. The third-order valence-corrected chi connectivity index (χ3v) is 5.04. The Morgan fingerprint density at radius 2 is 2.00 bits per heavy atom. The number of carbonyl (C=O) groups excluding carboxylic acids is 1. The first-order valence-electron chi connectivity index (χ1n) is 8.31. The third-order valence-electron chi connectivity index (χ3n) is 3.79. The molecule has 0 atom stereocenters.